The number of thioether (sulfide) groups is 1. The summed E-state index contributed by atoms with van der Waals surface area (Å²) in [7, 11) is 0. The fourth-order valence-electron chi connectivity index (χ4n) is 2.76. The number of rotatable bonds is 10. The fraction of sp³-hybridized carbons (Fsp3) is 0.333. The quantitative estimate of drug-likeness (QED) is 0.159. The van der Waals surface area contributed by atoms with E-state index in [9.17, 15) is 0 Å². The van der Waals surface area contributed by atoms with Gasteiger partial charge in [0.1, 0.15) is 5.75 Å². The van der Waals surface area contributed by atoms with Crippen molar-refractivity contribution in [3.8, 4) is 17.1 Å². The summed E-state index contributed by atoms with van der Waals surface area (Å²) in [5.74, 6) is 2.49. The third kappa shape index (κ3) is 5.97. The fourth-order valence-corrected chi connectivity index (χ4v) is 3.13. The third-order valence-corrected chi connectivity index (χ3v) is 5.38. The largest absolute Gasteiger partial charge is 0.482 e. The molecule has 8 heteroatoms. The Labute approximate surface area is 192 Å². The van der Waals surface area contributed by atoms with Crippen LogP contribution in [-0.2, 0) is 4.84 Å². The average Bonchev–Trinajstić information content (AvgIpc) is 3.32. The summed E-state index contributed by atoms with van der Waals surface area (Å²) in [6.07, 6.45) is 4.11. The number of hydrogen-bond acceptors (Lipinski definition) is 8. The first-order valence-electron chi connectivity index (χ1n) is 10.4. The molecule has 32 heavy (non-hydrogen) atoms. The lowest BCUT2D eigenvalue weighted by Crippen LogP contribution is -2.19. The number of nitrogens with zero attached hydrogens (tertiary/aromatic N) is 4. The van der Waals surface area contributed by atoms with Crippen LogP contribution in [0, 0.1) is 0 Å². The molecule has 1 aromatic carbocycles. The molecule has 2 aromatic heterocycles. The standard InChI is InChI=1S/C24H28N4O3S/c1-7-21(17(5)30-27-16(4)19-10-13-22(32-6)25-14-19)29-20-11-8-18(9-12-20)23-26-24(15(2)3)31-28-23/h8-15,21H,5,7H2,1-4,6H3/b27-16+. The van der Waals surface area contributed by atoms with E-state index in [-0.39, 0.29) is 12.0 Å². The van der Waals surface area contributed by atoms with Gasteiger partial charge in [-0.2, -0.15) is 4.98 Å². The molecule has 7 nitrogen and oxygen atoms in total. The Kier molecular flexibility index (Phi) is 8.05. The van der Waals surface area contributed by atoms with Crippen LogP contribution >= 0.6 is 11.8 Å². The van der Waals surface area contributed by atoms with Gasteiger partial charge in [0.15, 0.2) is 11.9 Å². The molecule has 0 saturated carbocycles. The van der Waals surface area contributed by atoms with Crippen LogP contribution in [0.4, 0.5) is 0 Å². The molecule has 0 aliphatic rings. The third-order valence-electron chi connectivity index (χ3n) is 4.72. The van der Waals surface area contributed by atoms with Gasteiger partial charge in [-0.05, 0) is 56.0 Å². The second kappa shape index (κ2) is 10.9. The highest BCUT2D eigenvalue weighted by Gasteiger charge is 2.16. The van der Waals surface area contributed by atoms with Crippen LogP contribution in [0.3, 0.4) is 0 Å². The number of hydrogen-bond donors (Lipinski definition) is 0. The van der Waals surface area contributed by atoms with Crippen molar-refractivity contribution in [2.75, 3.05) is 6.26 Å². The summed E-state index contributed by atoms with van der Waals surface area (Å²) in [6, 6.07) is 11.4. The van der Waals surface area contributed by atoms with Gasteiger partial charge in [-0.15, -0.1) is 11.8 Å². The van der Waals surface area contributed by atoms with Crippen LogP contribution in [0.2, 0.25) is 0 Å². The predicted molar refractivity (Wildman–Crippen MR) is 127 cm³/mol. The van der Waals surface area contributed by atoms with Crippen molar-refractivity contribution < 1.29 is 14.1 Å². The summed E-state index contributed by atoms with van der Waals surface area (Å²) in [4.78, 5) is 14.3. The molecule has 3 aromatic rings. The number of benzene rings is 1. The first-order chi connectivity index (χ1) is 15.4. The molecule has 0 bridgehead atoms. The van der Waals surface area contributed by atoms with Crippen molar-refractivity contribution in [1.29, 1.82) is 0 Å². The zero-order valence-corrected chi connectivity index (χ0v) is 19.8. The van der Waals surface area contributed by atoms with E-state index in [1.54, 1.807) is 18.0 Å². The average molecular weight is 453 g/mol. The zero-order chi connectivity index (χ0) is 23.1. The van der Waals surface area contributed by atoms with Crippen LogP contribution in [0.5, 0.6) is 5.75 Å². The van der Waals surface area contributed by atoms with E-state index >= 15 is 0 Å². The minimum atomic E-state index is -0.341. The molecule has 0 amide bonds. The van der Waals surface area contributed by atoms with E-state index in [4.69, 9.17) is 14.1 Å². The van der Waals surface area contributed by atoms with Crippen LogP contribution in [-0.4, -0.2) is 33.2 Å². The smallest absolute Gasteiger partial charge is 0.229 e. The Bertz CT molecular complexity index is 1060. The maximum Gasteiger partial charge on any atom is 0.229 e. The molecular weight excluding hydrogens is 424 g/mol. The van der Waals surface area contributed by atoms with Gasteiger partial charge in [0, 0.05) is 23.2 Å². The first-order valence-corrected chi connectivity index (χ1v) is 11.6. The van der Waals surface area contributed by atoms with Gasteiger partial charge in [-0.25, -0.2) is 4.98 Å². The van der Waals surface area contributed by atoms with Gasteiger partial charge in [-0.3, -0.25) is 0 Å². The lowest BCUT2D eigenvalue weighted by atomic mass is 10.2. The van der Waals surface area contributed by atoms with Crippen molar-refractivity contribution in [3.05, 3.63) is 66.4 Å². The van der Waals surface area contributed by atoms with Gasteiger partial charge in [0.25, 0.3) is 0 Å². The van der Waals surface area contributed by atoms with E-state index in [0.717, 1.165) is 16.2 Å². The molecule has 0 saturated heterocycles. The summed E-state index contributed by atoms with van der Waals surface area (Å²) in [5, 5.41) is 9.19. The molecule has 0 N–H and O–H groups in total. The van der Waals surface area contributed by atoms with Crippen molar-refractivity contribution in [3.63, 3.8) is 0 Å². The second-order valence-corrected chi connectivity index (χ2v) is 8.30. The van der Waals surface area contributed by atoms with Crippen LogP contribution in [0.1, 0.15) is 51.5 Å². The van der Waals surface area contributed by atoms with E-state index in [0.29, 0.717) is 35.4 Å². The van der Waals surface area contributed by atoms with Gasteiger partial charge < -0.3 is 14.1 Å². The predicted octanol–water partition coefficient (Wildman–Crippen LogP) is 6.09. The van der Waals surface area contributed by atoms with Crippen LogP contribution in [0.25, 0.3) is 11.4 Å². The normalized spacial score (nSPS) is 12.6. The molecule has 0 radical (unpaired) electrons. The van der Waals surface area contributed by atoms with Gasteiger partial charge in [0.2, 0.25) is 11.7 Å². The van der Waals surface area contributed by atoms with Gasteiger partial charge >= 0.3 is 0 Å². The number of ether oxygens (including phenoxy) is 1. The Morgan fingerprint density at radius 1 is 1.19 bits per heavy atom. The highest BCUT2D eigenvalue weighted by atomic mass is 32.2. The molecule has 2 heterocycles. The highest BCUT2D eigenvalue weighted by Crippen LogP contribution is 2.24. The Hall–Kier alpha value is -3.13. The first kappa shape index (κ1) is 23.5. The molecule has 1 unspecified atom stereocenters. The molecular formula is C24H28N4O3S. The van der Waals surface area contributed by atoms with E-state index in [2.05, 4.69) is 26.9 Å². The lowest BCUT2D eigenvalue weighted by molar-refractivity contribution is 0.121. The summed E-state index contributed by atoms with van der Waals surface area (Å²) in [5.41, 5.74) is 2.46. The van der Waals surface area contributed by atoms with Gasteiger partial charge in [-0.1, -0.05) is 37.7 Å². The van der Waals surface area contributed by atoms with E-state index < -0.39 is 0 Å². The maximum atomic E-state index is 6.05. The molecule has 0 fully saturated rings. The van der Waals surface area contributed by atoms with E-state index in [1.165, 1.54) is 0 Å². The molecule has 0 aliphatic carbocycles. The lowest BCUT2D eigenvalue weighted by Gasteiger charge is -2.18. The topological polar surface area (TPSA) is 82.6 Å². The van der Waals surface area contributed by atoms with Crippen molar-refractivity contribution in [2.45, 2.75) is 51.2 Å². The van der Waals surface area contributed by atoms with Crippen LogP contribution in [0.15, 0.2) is 69.6 Å². The van der Waals surface area contributed by atoms with E-state index in [1.807, 2.05) is 70.3 Å². The molecule has 0 spiro atoms. The van der Waals surface area contributed by atoms with Gasteiger partial charge in [0.05, 0.1) is 10.7 Å². The number of pyridine rings is 1. The minimum Gasteiger partial charge on any atom is -0.482 e. The highest BCUT2D eigenvalue weighted by molar-refractivity contribution is 7.98. The molecule has 0 aliphatic heterocycles. The summed E-state index contributed by atoms with van der Waals surface area (Å²) < 4.78 is 11.3. The Balaban J connectivity index is 1.61. The summed E-state index contributed by atoms with van der Waals surface area (Å²) in [6.45, 7) is 11.9. The second-order valence-electron chi connectivity index (χ2n) is 7.47. The zero-order valence-electron chi connectivity index (χ0n) is 19.0. The maximum absolute atomic E-state index is 6.05. The van der Waals surface area contributed by atoms with Crippen molar-refractivity contribution in [2.24, 2.45) is 5.16 Å². The molecule has 168 valence electrons. The monoisotopic (exact) mass is 452 g/mol. The SMILES string of the molecule is C=C(O/N=C(\C)c1ccc(SC)nc1)C(CC)Oc1ccc(-c2noc(C(C)C)n2)cc1. The Morgan fingerprint density at radius 3 is 2.50 bits per heavy atom. The minimum absolute atomic E-state index is 0.187. The number of aromatic nitrogens is 3. The Morgan fingerprint density at radius 2 is 1.94 bits per heavy atom. The van der Waals surface area contributed by atoms with Crippen molar-refractivity contribution >= 4 is 17.5 Å². The van der Waals surface area contributed by atoms with Crippen molar-refractivity contribution in [1.82, 2.24) is 15.1 Å². The molecule has 3 rings (SSSR count). The van der Waals surface area contributed by atoms with Crippen LogP contribution < -0.4 is 4.74 Å². The number of oxime groups is 1. The summed E-state index contributed by atoms with van der Waals surface area (Å²) >= 11 is 1.59. The molecule has 1 atom stereocenters.